The first kappa shape index (κ1) is 12.5. The van der Waals surface area contributed by atoms with Crippen molar-refractivity contribution in [3.8, 4) is 5.75 Å². The van der Waals surface area contributed by atoms with Gasteiger partial charge in [0.1, 0.15) is 11.4 Å². The normalized spacial score (nSPS) is 42.3. The maximum Gasteiger partial charge on any atom is 0.123 e. The minimum absolute atomic E-state index is 0.0553. The first-order valence-electron chi connectivity index (χ1n) is 8.61. The van der Waals surface area contributed by atoms with Crippen LogP contribution < -0.4 is 10.5 Å². The molecule has 0 aromatic heterocycles. The monoisotopic (exact) mass is 283 g/mol. The van der Waals surface area contributed by atoms with Crippen LogP contribution in [0.1, 0.15) is 50.3 Å². The second-order valence-corrected chi connectivity index (χ2v) is 8.50. The van der Waals surface area contributed by atoms with Gasteiger partial charge < -0.3 is 10.5 Å². The van der Waals surface area contributed by atoms with E-state index in [4.69, 9.17) is 10.5 Å². The summed E-state index contributed by atoms with van der Waals surface area (Å²) < 4.78 is 5.98. The zero-order chi connectivity index (χ0) is 14.4. The fraction of sp³-hybridized carbons (Fsp3) is 0.684. The van der Waals surface area contributed by atoms with E-state index in [0.29, 0.717) is 0 Å². The minimum atomic E-state index is -0.0553. The van der Waals surface area contributed by atoms with Crippen molar-refractivity contribution in [3.05, 3.63) is 29.3 Å². The Morgan fingerprint density at radius 2 is 1.90 bits per heavy atom. The molecule has 5 rings (SSSR count). The van der Waals surface area contributed by atoms with Crippen molar-refractivity contribution in [2.75, 3.05) is 0 Å². The molecule has 3 fully saturated rings. The standard InChI is InChI=1S/C19H25NO/c1-19(2)9-13-8-12(5-6-14(13)21-19)18(20)17-15-10-3-4-11(7-10)16(15)17/h5-6,8,10-11,15-18H,3-4,7,9,20H2,1-2H3. The molecule has 2 nitrogen and oxygen atoms in total. The van der Waals surface area contributed by atoms with Crippen molar-refractivity contribution in [3.63, 3.8) is 0 Å². The maximum absolute atomic E-state index is 6.66. The van der Waals surface area contributed by atoms with Gasteiger partial charge in [-0.2, -0.15) is 0 Å². The molecule has 1 aromatic carbocycles. The average molecular weight is 283 g/mol. The van der Waals surface area contributed by atoms with Crippen LogP contribution in [0.5, 0.6) is 5.75 Å². The number of hydrogen-bond acceptors (Lipinski definition) is 2. The first-order valence-corrected chi connectivity index (χ1v) is 8.61. The third-order valence-electron chi connectivity index (χ3n) is 6.68. The fourth-order valence-corrected chi connectivity index (χ4v) is 5.93. The highest BCUT2D eigenvalue weighted by molar-refractivity contribution is 5.43. The van der Waals surface area contributed by atoms with Gasteiger partial charge in [0.25, 0.3) is 0 Å². The Bertz CT molecular complexity index is 592. The molecule has 2 heteroatoms. The van der Waals surface area contributed by atoms with E-state index in [-0.39, 0.29) is 11.6 Å². The van der Waals surface area contributed by atoms with Crippen LogP contribution in [0.3, 0.4) is 0 Å². The molecule has 0 spiro atoms. The summed E-state index contributed by atoms with van der Waals surface area (Å²) in [6.07, 6.45) is 5.46. The van der Waals surface area contributed by atoms with Gasteiger partial charge in [-0.1, -0.05) is 12.1 Å². The van der Waals surface area contributed by atoms with E-state index < -0.39 is 0 Å². The van der Waals surface area contributed by atoms with E-state index in [0.717, 1.165) is 41.8 Å². The topological polar surface area (TPSA) is 35.2 Å². The number of ether oxygens (including phenoxy) is 1. The van der Waals surface area contributed by atoms with Crippen LogP contribution in [0.2, 0.25) is 0 Å². The molecule has 0 radical (unpaired) electrons. The van der Waals surface area contributed by atoms with E-state index in [2.05, 4.69) is 32.0 Å². The van der Waals surface area contributed by atoms with Crippen molar-refractivity contribution < 1.29 is 4.74 Å². The molecule has 0 saturated heterocycles. The summed E-state index contributed by atoms with van der Waals surface area (Å²) in [5.41, 5.74) is 9.30. The summed E-state index contributed by atoms with van der Waals surface area (Å²) in [4.78, 5) is 0. The quantitative estimate of drug-likeness (QED) is 0.898. The van der Waals surface area contributed by atoms with Crippen molar-refractivity contribution in [2.45, 2.75) is 51.2 Å². The first-order chi connectivity index (χ1) is 10.0. The third kappa shape index (κ3) is 1.69. The second-order valence-electron chi connectivity index (χ2n) is 8.50. The van der Waals surface area contributed by atoms with E-state index >= 15 is 0 Å². The molecule has 1 aliphatic heterocycles. The molecular weight excluding hydrogens is 258 g/mol. The fourth-order valence-electron chi connectivity index (χ4n) is 5.93. The summed E-state index contributed by atoms with van der Waals surface area (Å²) in [5.74, 6) is 5.76. The van der Waals surface area contributed by atoms with Gasteiger partial charge in [0, 0.05) is 12.5 Å². The van der Waals surface area contributed by atoms with Crippen LogP contribution in [0.4, 0.5) is 0 Å². The predicted molar refractivity (Wildman–Crippen MR) is 83.1 cm³/mol. The van der Waals surface area contributed by atoms with Gasteiger partial charge in [0.15, 0.2) is 0 Å². The molecule has 3 saturated carbocycles. The summed E-state index contributed by atoms with van der Waals surface area (Å²) >= 11 is 0. The molecule has 4 aliphatic rings. The third-order valence-corrected chi connectivity index (χ3v) is 6.68. The Balaban J connectivity index is 1.40. The summed E-state index contributed by atoms with van der Waals surface area (Å²) in [5, 5.41) is 0. The highest BCUT2D eigenvalue weighted by atomic mass is 16.5. The Morgan fingerprint density at radius 1 is 1.19 bits per heavy atom. The molecule has 112 valence electrons. The highest BCUT2D eigenvalue weighted by Crippen LogP contribution is 2.71. The van der Waals surface area contributed by atoms with Crippen LogP contribution in [0.25, 0.3) is 0 Å². The lowest BCUT2D eigenvalue weighted by molar-refractivity contribution is 0.138. The number of hydrogen-bond donors (Lipinski definition) is 1. The van der Waals surface area contributed by atoms with Crippen LogP contribution >= 0.6 is 0 Å². The SMILES string of the molecule is CC1(C)Cc2cc(C(N)C3C4C5CCC(C5)C43)ccc2O1. The molecule has 1 aromatic rings. The van der Waals surface area contributed by atoms with Crippen molar-refractivity contribution in [2.24, 2.45) is 35.3 Å². The maximum atomic E-state index is 6.66. The van der Waals surface area contributed by atoms with Gasteiger partial charge in [-0.25, -0.2) is 0 Å². The average Bonchev–Trinajstić information content (AvgIpc) is 2.75. The van der Waals surface area contributed by atoms with E-state index in [9.17, 15) is 0 Å². The Hall–Kier alpha value is -1.02. The molecule has 5 atom stereocenters. The lowest BCUT2D eigenvalue weighted by atomic mass is 9.92. The van der Waals surface area contributed by atoms with Crippen LogP contribution in [-0.4, -0.2) is 5.60 Å². The molecule has 2 bridgehead atoms. The summed E-state index contributed by atoms with van der Waals surface area (Å²) in [6.45, 7) is 4.32. The molecule has 2 N–H and O–H groups in total. The van der Waals surface area contributed by atoms with Gasteiger partial charge in [-0.15, -0.1) is 0 Å². The lowest BCUT2D eigenvalue weighted by Crippen LogP contribution is -2.24. The van der Waals surface area contributed by atoms with Crippen LogP contribution in [-0.2, 0) is 6.42 Å². The molecule has 0 amide bonds. The van der Waals surface area contributed by atoms with Gasteiger partial charge in [-0.05, 0) is 79.9 Å². The van der Waals surface area contributed by atoms with Gasteiger partial charge in [0.05, 0.1) is 0 Å². The van der Waals surface area contributed by atoms with Crippen LogP contribution in [0, 0.1) is 29.6 Å². The van der Waals surface area contributed by atoms with Crippen molar-refractivity contribution in [1.82, 2.24) is 0 Å². The van der Waals surface area contributed by atoms with E-state index in [1.165, 1.54) is 30.4 Å². The second kappa shape index (κ2) is 3.84. The van der Waals surface area contributed by atoms with Crippen molar-refractivity contribution in [1.29, 1.82) is 0 Å². The van der Waals surface area contributed by atoms with Crippen molar-refractivity contribution >= 4 is 0 Å². The molecule has 5 unspecified atom stereocenters. The number of fused-ring (bicyclic) bond motifs is 6. The molecule has 3 aliphatic carbocycles. The Kier molecular flexibility index (Phi) is 2.29. The Morgan fingerprint density at radius 3 is 2.62 bits per heavy atom. The smallest absolute Gasteiger partial charge is 0.123 e. The largest absolute Gasteiger partial charge is 0.487 e. The van der Waals surface area contributed by atoms with E-state index in [1.807, 2.05) is 0 Å². The summed E-state index contributed by atoms with van der Waals surface area (Å²) in [6, 6.07) is 6.93. The number of benzene rings is 1. The van der Waals surface area contributed by atoms with Gasteiger partial charge >= 0.3 is 0 Å². The van der Waals surface area contributed by atoms with Crippen LogP contribution in [0.15, 0.2) is 18.2 Å². The van der Waals surface area contributed by atoms with Gasteiger partial charge in [0.2, 0.25) is 0 Å². The van der Waals surface area contributed by atoms with E-state index in [1.54, 1.807) is 0 Å². The Labute approximate surface area is 127 Å². The molecular formula is C19H25NO. The minimum Gasteiger partial charge on any atom is -0.487 e. The highest BCUT2D eigenvalue weighted by Gasteiger charge is 2.66. The molecule has 1 heterocycles. The zero-order valence-electron chi connectivity index (χ0n) is 13.0. The predicted octanol–water partition coefficient (Wildman–Crippen LogP) is 3.69. The zero-order valence-corrected chi connectivity index (χ0v) is 13.0. The summed E-state index contributed by atoms with van der Waals surface area (Å²) in [7, 11) is 0. The number of nitrogens with two attached hydrogens (primary N) is 1. The number of rotatable bonds is 2. The molecule has 21 heavy (non-hydrogen) atoms. The van der Waals surface area contributed by atoms with Gasteiger partial charge in [-0.3, -0.25) is 0 Å². The lowest BCUT2D eigenvalue weighted by Gasteiger charge is -2.17.